The van der Waals surface area contributed by atoms with Gasteiger partial charge in [-0.1, -0.05) is 30.3 Å². The predicted molar refractivity (Wildman–Crippen MR) is 105 cm³/mol. The Hall–Kier alpha value is -3.35. The number of hydrogen-bond acceptors (Lipinski definition) is 5. The molecule has 0 spiro atoms. The molecule has 2 amide bonds. The second-order valence-electron chi connectivity index (χ2n) is 5.94. The minimum atomic E-state index is -0.524. The first kappa shape index (κ1) is 21.0. The molecule has 0 aliphatic carbocycles. The Labute approximate surface area is 164 Å². The van der Waals surface area contributed by atoms with Gasteiger partial charge < -0.3 is 19.7 Å². The van der Waals surface area contributed by atoms with Crippen molar-refractivity contribution < 1.29 is 23.9 Å². The van der Waals surface area contributed by atoms with E-state index in [-0.39, 0.29) is 37.9 Å². The lowest BCUT2D eigenvalue weighted by atomic mass is 10.1. The predicted octanol–water partition coefficient (Wildman–Crippen LogP) is 2.41. The Morgan fingerprint density at radius 2 is 1.68 bits per heavy atom. The number of benzene rings is 2. The van der Waals surface area contributed by atoms with E-state index in [0.717, 1.165) is 0 Å². The third-order valence-corrected chi connectivity index (χ3v) is 3.98. The molecule has 0 aromatic heterocycles. The third kappa shape index (κ3) is 6.12. The fraction of sp³-hybridized carbons (Fsp3) is 0.286. The molecule has 7 heteroatoms. The van der Waals surface area contributed by atoms with Crippen molar-refractivity contribution in [3.05, 3.63) is 60.2 Å². The van der Waals surface area contributed by atoms with Crippen LogP contribution in [0.4, 0.5) is 5.69 Å². The second-order valence-corrected chi connectivity index (χ2v) is 5.94. The van der Waals surface area contributed by atoms with Gasteiger partial charge in [0.2, 0.25) is 11.8 Å². The van der Waals surface area contributed by atoms with E-state index in [4.69, 9.17) is 9.47 Å². The first-order valence-corrected chi connectivity index (χ1v) is 8.93. The van der Waals surface area contributed by atoms with E-state index in [1.807, 2.05) is 30.3 Å². The van der Waals surface area contributed by atoms with E-state index in [1.54, 1.807) is 24.3 Å². The summed E-state index contributed by atoms with van der Waals surface area (Å²) in [6.07, 6.45) is 0.202. The van der Waals surface area contributed by atoms with Gasteiger partial charge in [0, 0.05) is 20.0 Å². The minimum Gasteiger partial charge on any atom is -0.493 e. The van der Waals surface area contributed by atoms with E-state index in [0.29, 0.717) is 17.0 Å². The molecule has 2 aromatic rings. The molecule has 0 saturated heterocycles. The topological polar surface area (TPSA) is 84.9 Å². The van der Waals surface area contributed by atoms with Crippen LogP contribution in [0, 0.1) is 0 Å². The van der Waals surface area contributed by atoms with Crippen molar-refractivity contribution >= 4 is 23.5 Å². The van der Waals surface area contributed by atoms with Crippen LogP contribution >= 0.6 is 0 Å². The lowest BCUT2D eigenvalue weighted by molar-refractivity contribution is -0.122. The van der Waals surface area contributed by atoms with Gasteiger partial charge >= 0.3 is 5.97 Å². The molecule has 28 heavy (non-hydrogen) atoms. The molecule has 0 atom stereocenters. The normalized spacial score (nSPS) is 10.1. The van der Waals surface area contributed by atoms with Gasteiger partial charge in [0.05, 0.1) is 31.4 Å². The maximum absolute atomic E-state index is 12.1. The van der Waals surface area contributed by atoms with Gasteiger partial charge in [0.25, 0.3) is 0 Å². The van der Waals surface area contributed by atoms with Crippen LogP contribution in [0.15, 0.2) is 54.6 Å². The average Bonchev–Trinajstić information content (AvgIpc) is 2.71. The third-order valence-electron chi connectivity index (χ3n) is 3.98. The van der Waals surface area contributed by atoms with E-state index >= 15 is 0 Å². The van der Waals surface area contributed by atoms with Crippen LogP contribution < -0.4 is 15.0 Å². The number of anilines is 1. The number of esters is 1. The summed E-state index contributed by atoms with van der Waals surface area (Å²) in [5, 5.41) is 2.76. The summed E-state index contributed by atoms with van der Waals surface area (Å²) in [7, 11) is 1.29. The van der Waals surface area contributed by atoms with Crippen LogP contribution in [-0.2, 0) is 14.3 Å². The van der Waals surface area contributed by atoms with Gasteiger partial charge in [-0.2, -0.15) is 0 Å². The maximum Gasteiger partial charge on any atom is 0.339 e. The Balaban J connectivity index is 1.86. The average molecular weight is 384 g/mol. The maximum atomic E-state index is 12.1. The van der Waals surface area contributed by atoms with Crippen molar-refractivity contribution in [2.24, 2.45) is 0 Å². The molecule has 2 rings (SSSR count). The van der Waals surface area contributed by atoms with Crippen LogP contribution in [-0.4, -0.2) is 44.6 Å². The van der Waals surface area contributed by atoms with Crippen LogP contribution in [0.2, 0.25) is 0 Å². The summed E-state index contributed by atoms with van der Waals surface area (Å²) < 4.78 is 10.3. The van der Waals surface area contributed by atoms with Crippen molar-refractivity contribution in [3.63, 3.8) is 0 Å². The standard InChI is InChI=1S/C21H24N2O5/c1-16(24)23(19-11-7-6-10-18(19)21(26)27-2)14-13-22-20(25)12-15-28-17-8-4-3-5-9-17/h3-11H,12-15H2,1-2H3,(H,22,25). The lowest BCUT2D eigenvalue weighted by Crippen LogP contribution is -2.38. The van der Waals surface area contributed by atoms with Crippen molar-refractivity contribution in [3.8, 4) is 5.75 Å². The Bertz CT molecular complexity index is 807. The minimum absolute atomic E-state index is 0.180. The summed E-state index contributed by atoms with van der Waals surface area (Å²) in [5.74, 6) is -0.236. The molecule has 1 N–H and O–H groups in total. The molecule has 0 bridgehead atoms. The number of hydrogen-bond donors (Lipinski definition) is 1. The van der Waals surface area contributed by atoms with Gasteiger partial charge in [0.1, 0.15) is 5.75 Å². The molecule has 0 fully saturated rings. The number of methoxy groups -OCH3 is 1. The quantitative estimate of drug-likeness (QED) is 0.671. The summed E-state index contributed by atoms with van der Waals surface area (Å²) in [4.78, 5) is 37.4. The van der Waals surface area contributed by atoms with Crippen molar-refractivity contribution in [2.45, 2.75) is 13.3 Å². The monoisotopic (exact) mass is 384 g/mol. The fourth-order valence-corrected chi connectivity index (χ4v) is 2.61. The zero-order chi connectivity index (χ0) is 20.4. The first-order valence-electron chi connectivity index (χ1n) is 8.93. The van der Waals surface area contributed by atoms with E-state index < -0.39 is 5.97 Å². The molecular formula is C21H24N2O5. The zero-order valence-corrected chi connectivity index (χ0v) is 16.0. The van der Waals surface area contributed by atoms with Gasteiger partial charge in [-0.3, -0.25) is 9.59 Å². The van der Waals surface area contributed by atoms with Gasteiger partial charge in [-0.05, 0) is 24.3 Å². The van der Waals surface area contributed by atoms with Crippen molar-refractivity contribution in [1.29, 1.82) is 0 Å². The number of para-hydroxylation sites is 2. The second kappa shape index (κ2) is 10.7. The highest BCUT2D eigenvalue weighted by Gasteiger charge is 2.19. The number of rotatable bonds is 9. The molecule has 0 aliphatic rings. The molecule has 0 aliphatic heterocycles. The highest BCUT2D eigenvalue weighted by Crippen LogP contribution is 2.21. The summed E-state index contributed by atoms with van der Waals surface area (Å²) in [6, 6.07) is 15.9. The van der Waals surface area contributed by atoms with Crippen LogP contribution in [0.1, 0.15) is 23.7 Å². The highest BCUT2D eigenvalue weighted by atomic mass is 16.5. The number of nitrogens with zero attached hydrogens (tertiary/aromatic N) is 1. The Morgan fingerprint density at radius 1 is 1.00 bits per heavy atom. The van der Waals surface area contributed by atoms with Crippen molar-refractivity contribution in [2.75, 3.05) is 31.7 Å². The van der Waals surface area contributed by atoms with Crippen LogP contribution in [0.5, 0.6) is 5.75 Å². The number of carbonyl (C=O) groups excluding carboxylic acids is 3. The van der Waals surface area contributed by atoms with E-state index in [9.17, 15) is 14.4 Å². The van der Waals surface area contributed by atoms with Crippen molar-refractivity contribution in [1.82, 2.24) is 5.32 Å². The molecule has 0 saturated carbocycles. The summed E-state index contributed by atoms with van der Waals surface area (Å²) >= 11 is 0. The van der Waals surface area contributed by atoms with E-state index in [2.05, 4.69) is 5.32 Å². The van der Waals surface area contributed by atoms with Gasteiger partial charge in [-0.15, -0.1) is 0 Å². The van der Waals surface area contributed by atoms with E-state index in [1.165, 1.54) is 18.9 Å². The fourth-order valence-electron chi connectivity index (χ4n) is 2.61. The zero-order valence-electron chi connectivity index (χ0n) is 16.0. The highest BCUT2D eigenvalue weighted by molar-refractivity contribution is 6.01. The Kier molecular flexibility index (Phi) is 8.02. The number of amides is 2. The van der Waals surface area contributed by atoms with Gasteiger partial charge in [-0.25, -0.2) is 4.79 Å². The Morgan fingerprint density at radius 3 is 2.36 bits per heavy atom. The molecular weight excluding hydrogens is 360 g/mol. The largest absolute Gasteiger partial charge is 0.493 e. The smallest absolute Gasteiger partial charge is 0.339 e. The molecule has 0 unspecified atom stereocenters. The SMILES string of the molecule is COC(=O)c1ccccc1N(CCNC(=O)CCOc1ccccc1)C(C)=O. The molecule has 0 heterocycles. The summed E-state index contributed by atoms with van der Waals surface area (Å²) in [6.45, 7) is 2.15. The molecule has 148 valence electrons. The molecule has 2 aromatic carbocycles. The molecule has 0 radical (unpaired) electrons. The van der Waals surface area contributed by atoms with Gasteiger partial charge in [0.15, 0.2) is 0 Å². The summed E-state index contributed by atoms with van der Waals surface area (Å²) in [5.41, 5.74) is 0.742. The number of ether oxygens (including phenoxy) is 2. The lowest BCUT2D eigenvalue weighted by Gasteiger charge is -2.23. The van der Waals surface area contributed by atoms with Crippen LogP contribution in [0.3, 0.4) is 0 Å². The number of carbonyl (C=O) groups is 3. The van der Waals surface area contributed by atoms with Crippen LogP contribution in [0.25, 0.3) is 0 Å². The first-order chi connectivity index (χ1) is 13.5. The molecule has 7 nitrogen and oxygen atoms in total. The number of nitrogens with one attached hydrogen (secondary N) is 1.